The molecule has 2 aliphatic carbocycles. The molecule has 2 fully saturated rings. The van der Waals surface area contributed by atoms with Crippen molar-refractivity contribution in [1.82, 2.24) is 0 Å². The summed E-state index contributed by atoms with van der Waals surface area (Å²) in [5, 5.41) is 0. The number of nitrogens with two attached hydrogens (primary N) is 1. The summed E-state index contributed by atoms with van der Waals surface area (Å²) in [5.74, 6) is 1.02. The topological polar surface area (TPSA) is 35.2 Å². The predicted molar refractivity (Wildman–Crippen MR) is 83.0 cm³/mol. The Morgan fingerprint density at radius 1 is 1.10 bits per heavy atom. The zero-order valence-electron chi connectivity index (χ0n) is 12.6. The summed E-state index contributed by atoms with van der Waals surface area (Å²) < 4.78 is 6.29. The van der Waals surface area contributed by atoms with Crippen LogP contribution in [0.4, 0.5) is 0 Å². The SMILES string of the molecule is CCc1ccc(OC2CC(N)C23CCCCCC3)cc1. The van der Waals surface area contributed by atoms with Crippen molar-refractivity contribution in [1.29, 1.82) is 0 Å². The summed E-state index contributed by atoms with van der Waals surface area (Å²) in [6, 6.07) is 8.93. The smallest absolute Gasteiger partial charge is 0.119 e. The summed E-state index contributed by atoms with van der Waals surface area (Å²) in [4.78, 5) is 0. The zero-order valence-corrected chi connectivity index (χ0v) is 12.6. The Morgan fingerprint density at radius 3 is 2.30 bits per heavy atom. The van der Waals surface area contributed by atoms with Crippen molar-refractivity contribution in [2.45, 2.75) is 70.4 Å². The maximum absolute atomic E-state index is 6.37. The lowest BCUT2D eigenvalue weighted by Gasteiger charge is -2.54. The van der Waals surface area contributed by atoms with Crippen molar-refractivity contribution in [3.8, 4) is 5.75 Å². The van der Waals surface area contributed by atoms with Gasteiger partial charge < -0.3 is 10.5 Å². The van der Waals surface area contributed by atoms with Crippen LogP contribution in [0.25, 0.3) is 0 Å². The highest BCUT2D eigenvalue weighted by molar-refractivity contribution is 5.28. The third kappa shape index (κ3) is 2.46. The fourth-order valence-electron chi connectivity index (χ4n) is 3.99. The summed E-state index contributed by atoms with van der Waals surface area (Å²) in [6.07, 6.45) is 10.3. The molecule has 0 radical (unpaired) electrons. The molecule has 2 unspecified atom stereocenters. The predicted octanol–water partition coefficient (Wildman–Crippen LogP) is 4.07. The molecule has 1 aromatic rings. The van der Waals surface area contributed by atoms with Gasteiger partial charge in [0.1, 0.15) is 11.9 Å². The van der Waals surface area contributed by atoms with Crippen LogP contribution >= 0.6 is 0 Å². The molecule has 2 N–H and O–H groups in total. The second kappa shape index (κ2) is 5.77. The standard InChI is InChI=1S/C18H27NO/c1-2-14-7-9-15(10-8-14)20-17-13-16(19)18(17)11-5-3-4-6-12-18/h7-10,16-17H,2-6,11-13,19H2,1H3. The minimum atomic E-state index is 0.264. The van der Waals surface area contributed by atoms with E-state index in [1.54, 1.807) is 0 Å². The van der Waals surface area contributed by atoms with Crippen LogP contribution in [-0.2, 0) is 6.42 Å². The van der Waals surface area contributed by atoms with Crippen molar-refractivity contribution in [3.05, 3.63) is 29.8 Å². The Hall–Kier alpha value is -1.02. The molecule has 2 atom stereocenters. The molecule has 110 valence electrons. The first-order valence-corrected chi connectivity index (χ1v) is 8.26. The van der Waals surface area contributed by atoms with E-state index >= 15 is 0 Å². The van der Waals surface area contributed by atoms with Gasteiger partial charge in [-0.05, 0) is 37.0 Å². The van der Waals surface area contributed by atoms with Gasteiger partial charge in [-0.1, -0.05) is 44.7 Å². The van der Waals surface area contributed by atoms with E-state index in [9.17, 15) is 0 Å². The Kier molecular flexibility index (Phi) is 4.02. The fraction of sp³-hybridized carbons (Fsp3) is 0.667. The first-order valence-electron chi connectivity index (χ1n) is 8.26. The molecule has 0 aliphatic heterocycles. The van der Waals surface area contributed by atoms with Gasteiger partial charge in [0.2, 0.25) is 0 Å². The van der Waals surface area contributed by atoms with Crippen LogP contribution in [0, 0.1) is 5.41 Å². The van der Waals surface area contributed by atoms with E-state index in [4.69, 9.17) is 10.5 Å². The number of benzene rings is 1. The Labute approximate surface area is 122 Å². The quantitative estimate of drug-likeness (QED) is 0.901. The second-order valence-electron chi connectivity index (χ2n) is 6.59. The molecule has 1 spiro atoms. The molecule has 2 heteroatoms. The fourth-order valence-corrected chi connectivity index (χ4v) is 3.99. The van der Waals surface area contributed by atoms with Crippen LogP contribution in [0.15, 0.2) is 24.3 Å². The summed E-state index contributed by atoms with van der Waals surface area (Å²) in [6.45, 7) is 2.18. The molecule has 0 amide bonds. The minimum absolute atomic E-state index is 0.264. The molecule has 2 nitrogen and oxygen atoms in total. The number of rotatable bonds is 3. The highest BCUT2D eigenvalue weighted by atomic mass is 16.5. The second-order valence-corrected chi connectivity index (χ2v) is 6.59. The molecule has 0 saturated heterocycles. The third-order valence-electron chi connectivity index (χ3n) is 5.49. The summed E-state index contributed by atoms with van der Waals surface area (Å²) in [5.41, 5.74) is 8.00. The lowest BCUT2D eigenvalue weighted by Crippen LogP contribution is -2.63. The molecule has 1 aromatic carbocycles. The van der Waals surface area contributed by atoms with Gasteiger partial charge in [0, 0.05) is 17.9 Å². The van der Waals surface area contributed by atoms with E-state index in [-0.39, 0.29) is 5.41 Å². The van der Waals surface area contributed by atoms with E-state index in [1.165, 1.54) is 44.1 Å². The molecular formula is C18H27NO. The van der Waals surface area contributed by atoms with Crippen molar-refractivity contribution in [3.63, 3.8) is 0 Å². The molecule has 2 aliphatic rings. The average Bonchev–Trinajstić information content (AvgIpc) is 2.76. The average molecular weight is 273 g/mol. The van der Waals surface area contributed by atoms with Gasteiger partial charge >= 0.3 is 0 Å². The van der Waals surface area contributed by atoms with Crippen LogP contribution in [0.3, 0.4) is 0 Å². The van der Waals surface area contributed by atoms with Crippen LogP contribution in [-0.4, -0.2) is 12.1 Å². The number of aryl methyl sites for hydroxylation is 1. The Balaban J connectivity index is 1.69. The lowest BCUT2D eigenvalue weighted by molar-refractivity contribution is -0.0770. The summed E-state index contributed by atoms with van der Waals surface area (Å²) >= 11 is 0. The van der Waals surface area contributed by atoms with E-state index in [0.29, 0.717) is 12.1 Å². The van der Waals surface area contributed by atoms with Gasteiger partial charge in [0.05, 0.1) is 0 Å². The van der Waals surface area contributed by atoms with E-state index in [2.05, 4.69) is 31.2 Å². The molecule has 0 bridgehead atoms. The number of hydrogen-bond donors (Lipinski definition) is 1. The largest absolute Gasteiger partial charge is 0.490 e. The maximum Gasteiger partial charge on any atom is 0.119 e. The van der Waals surface area contributed by atoms with E-state index < -0.39 is 0 Å². The van der Waals surface area contributed by atoms with Gasteiger partial charge in [-0.2, -0.15) is 0 Å². The van der Waals surface area contributed by atoms with Gasteiger partial charge in [-0.15, -0.1) is 0 Å². The molecule has 2 saturated carbocycles. The number of ether oxygens (including phenoxy) is 1. The molecule has 20 heavy (non-hydrogen) atoms. The highest BCUT2D eigenvalue weighted by Crippen LogP contribution is 2.51. The number of hydrogen-bond acceptors (Lipinski definition) is 2. The molecular weight excluding hydrogens is 246 g/mol. The lowest BCUT2D eigenvalue weighted by atomic mass is 9.58. The molecule has 0 aromatic heterocycles. The van der Waals surface area contributed by atoms with Crippen LogP contribution in [0.1, 0.15) is 57.4 Å². The van der Waals surface area contributed by atoms with E-state index in [1.807, 2.05) is 0 Å². The van der Waals surface area contributed by atoms with Gasteiger partial charge in [0.25, 0.3) is 0 Å². The monoisotopic (exact) mass is 273 g/mol. The van der Waals surface area contributed by atoms with Crippen LogP contribution in [0.5, 0.6) is 5.75 Å². The van der Waals surface area contributed by atoms with Crippen molar-refractivity contribution in [2.75, 3.05) is 0 Å². The first-order chi connectivity index (χ1) is 9.74. The van der Waals surface area contributed by atoms with Gasteiger partial charge in [-0.3, -0.25) is 0 Å². The van der Waals surface area contributed by atoms with Crippen molar-refractivity contribution in [2.24, 2.45) is 11.1 Å². The Bertz CT molecular complexity index is 431. The van der Waals surface area contributed by atoms with Crippen LogP contribution in [0.2, 0.25) is 0 Å². The molecule has 0 heterocycles. The van der Waals surface area contributed by atoms with Crippen molar-refractivity contribution >= 4 is 0 Å². The van der Waals surface area contributed by atoms with Crippen LogP contribution < -0.4 is 10.5 Å². The van der Waals surface area contributed by atoms with E-state index in [0.717, 1.165) is 18.6 Å². The maximum atomic E-state index is 6.37. The zero-order chi connectivity index (χ0) is 14.0. The van der Waals surface area contributed by atoms with Gasteiger partial charge in [-0.25, -0.2) is 0 Å². The minimum Gasteiger partial charge on any atom is -0.490 e. The summed E-state index contributed by atoms with van der Waals surface area (Å²) in [7, 11) is 0. The van der Waals surface area contributed by atoms with Crippen molar-refractivity contribution < 1.29 is 4.74 Å². The third-order valence-corrected chi connectivity index (χ3v) is 5.49. The normalized spacial score (nSPS) is 28.7. The Morgan fingerprint density at radius 2 is 1.75 bits per heavy atom. The first kappa shape index (κ1) is 13.9. The van der Waals surface area contributed by atoms with Gasteiger partial charge in [0.15, 0.2) is 0 Å². The highest BCUT2D eigenvalue weighted by Gasteiger charge is 2.54. The molecule has 3 rings (SSSR count).